The average Bonchev–Trinajstić information content (AvgIpc) is 2.37. The fraction of sp³-hybridized carbons (Fsp3) is 0.429. The second kappa shape index (κ2) is 7.09. The quantitative estimate of drug-likeness (QED) is 0.734. The third-order valence-corrected chi connectivity index (χ3v) is 2.82. The van der Waals surface area contributed by atoms with Crippen LogP contribution >= 0.6 is 0 Å². The second-order valence-corrected chi connectivity index (χ2v) is 4.24. The summed E-state index contributed by atoms with van der Waals surface area (Å²) >= 11 is 0. The van der Waals surface area contributed by atoms with Crippen LogP contribution in [0, 0.1) is 0 Å². The van der Waals surface area contributed by atoms with Crippen LogP contribution in [0.2, 0.25) is 0 Å². The van der Waals surface area contributed by atoms with Gasteiger partial charge in [0.25, 0.3) is 0 Å². The lowest BCUT2D eigenvalue weighted by atomic mass is 10.2. The summed E-state index contributed by atoms with van der Waals surface area (Å²) in [6.45, 7) is 7.87. The minimum absolute atomic E-state index is 0.395. The minimum atomic E-state index is 0.395. The van der Waals surface area contributed by atoms with E-state index >= 15 is 0 Å². The van der Waals surface area contributed by atoms with Crippen molar-refractivity contribution in [2.45, 2.75) is 19.5 Å². The first-order chi connectivity index (χ1) is 8.17. The van der Waals surface area contributed by atoms with Gasteiger partial charge in [-0.15, -0.1) is 0 Å². The lowest BCUT2D eigenvalue weighted by molar-refractivity contribution is 0.254. The standard InChI is InChI=1S/C14H22N2O/c1-4-9-17-14-7-5-13(6-8-14)11-16(3)12(2)10-15/h4-8,12H,1,9-11,15H2,2-3H3/t12-/m0/s1. The van der Waals surface area contributed by atoms with Gasteiger partial charge in [0.1, 0.15) is 12.4 Å². The molecule has 0 unspecified atom stereocenters. The summed E-state index contributed by atoms with van der Waals surface area (Å²) in [7, 11) is 2.08. The van der Waals surface area contributed by atoms with Crippen LogP contribution in [0.4, 0.5) is 0 Å². The van der Waals surface area contributed by atoms with Gasteiger partial charge in [-0.3, -0.25) is 4.90 Å². The minimum Gasteiger partial charge on any atom is -0.490 e. The zero-order chi connectivity index (χ0) is 12.7. The van der Waals surface area contributed by atoms with Crippen LogP contribution in [-0.4, -0.2) is 31.1 Å². The van der Waals surface area contributed by atoms with E-state index in [1.54, 1.807) is 6.08 Å². The molecule has 3 heteroatoms. The number of nitrogens with zero attached hydrogens (tertiary/aromatic N) is 1. The molecule has 0 aliphatic carbocycles. The van der Waals surface area contributed by atoms with Gasteiger partial charge in [-0.1, -0.05) is 24.8 Å². The number of ether oxygens (including phenoxy) is 1. The maximum atomic E-state index is 5.63. The lowest BCUT2D eigenvalue weighted by Crippen LogP contribution is -2.34. The molecule has 0 aliphatic rings. The highest BCUT2D eigenvalue weighted by Crippen LogP contribution is 2.13. The second-order valence-electron chi connectivity index (χ2n) is 4.24. The maximum Gasteiger partial charge on any atom is 0.119 e. The number of hydrogen-bond donors (Lipinski definition) is 1. The van der Waals surface area contributed by atoms with Crippen LogP contribution in [0.15, 0.2) is 36.9 Å². The molecule has 0 aromatic heterocycles. The summed E-state index contributed by atoms with van der Waals surface area (Å²) < 4.78 is 5.43. The Labute approximate surface area is 104 Å². The molecular formula is C14H22N2O. The Morgan fingerprint density at radius 2 is 2.06 bits per heavy atom. The molecule has 1 rings (SSSR count). The van der Waals surface area contributed by atoms with E-state index < -0.39 is 0 Å². The monoisotopic (exact) mass is 234 g/mol. The zero-order valence-electron chi connectivity index (χ0n) is 10.7. The molecule has 0 amide bonds. The third-order valence-electron chi connectivity index (χ3n) is 2.82. The van der Waals surface area contributed by atoms with E-state index in [4.69, 9.17) is 10.5 Å². The van der Waals surface area contributed by atoms with Gasteiger partial charge < -0.3 is 10.5 Å². The van der Waals surface area contributed by atoms with Crippen molar-refractivity contribution in [1.82, 2.24) is 4.90 Å². The van der Waals surface area contributed by atoms with Gasteiger partial charge in [0.2, 0.25) is 0 Å². The van der Waals surface area contributed by atoms with Crippen molar-refractivity contribution in [3.63, 3.8) is 0 Å². The smallest absolute Gasteiger partial charge is 0.119 e. The summed E-state index contributed by atoms with van der Waals surface area (Å²) in [5.74, 6) is 0.878. The average molecular weight is 234 g/mol. The molecule has 1 aromatic rings. The summed E-state index contributed by atoms with van der Waals surface area (Å²) in [5.41, 5.74) is 6.90. The molecule has 0 radical (unpaired) electrons. The van der Waals surface area contributed by atoms with Crippen LogP contribution in [0.25, 0.3) is 0 Å². The highest BCUT2D eigenvalue weighted by atomic mass is 16.5. The molecule has 1 aromatic carbocycles. The Hall–Kier alpha value is -1.32. The third kappa shape index (κ3) is 4.59. The summed E-state index contributed by atoms with van der Waals surface area (Å²) in [6.07, 6.45) is 1.74. The molecule has 0 spiro atoms. The number of nitrogens with two attached hydrogens (primary N) is 1. The Morgan fingerprint density at radius 3 is 2.59 bits per heavy atom. The molecule has 0 saturated heterocycles. The van der Waals surface area contributed by atoms with Crippen molar-refractivity contribution in [2.75, 3.05) is 20.2 Å². The normalized spacial score (nSPS) is 12.5. The van der Waals surface area contributed by atoms with Crippen LogP contribution in [0.1, 0.15) is 12.5 Å². The Morgan fingerprint density at radius 1 is 1.41 bits per heavy atom. The summed E-state index contributed by atoms with van der Waals surface area (Å²) in [5, 5.41) is 0. The molecular weight excluding hydrogens is 212 g/mol. The van der Waals surface area contributed by atoms with Gasteiger partial charge in [-0.25, -0.2) is 0 Å². The lowest BCUT2D eigenvalue weighted by Gasteiger charge is -2.23. The molecule has 17 heavy (non-hydrogen) atoms. The van der Waals surface area contributed by atoms with Gasteiger partial charge in [-0.2, -0.15) is 0 Å². The Balaban J connectivity index is 2.52. The number of likely N-dealkylation sites (N-methyl/N-ethyl adjacent to an activating group) is 1. The van der Waals surface area contributed by atoms with E-state index in [1.807, 2.05) is 12.1 Å². The van der Waals surface area contributed by atoms with E-state index in [2.05, 4.69) is 37.6 Å². The highest BCUT2D eigenvalue weighted by molar-refractivity contribution is 5.27. The molecule has 0 fully saturated rings. The molecule has 0 heterocycles. The predicted octanol–water partition coefficient (Wildman–Crippen LogP) is 2.03. The number of hydrogen-bond acceptors (Lipinski definition) is 3. The number of benzene rings is 1. The van der Waals surface area contributed by atoms with Crippen molar-refractivity contribution < 1.29 is 4.74 Å². The van der Waals surface area contributed by atoms with E-state index in [1.165, 1.54) is 5.56 Å². The fourth-order valence-corrected chi connectivity index (χ4v) is 1.47. The zero-order valence-corrected chi connectivity index (χ0v) is 10.7. The van der Waals surface area contributed by atoms with Crippen LogP contribution in [0.5, 0.6) is 5.75 Å². The summed E-state index contributed by atoms with van der Waals surface area (Å²) in [6, 6.07) is 8.53. The summed E-state index contributed by atoms with van der Waals surface area (Å²) in [4.78, 5) is 2.24. The molecule has 94 valence electrons. The molecule has 0 aliphatic heterocycles. The van der Waals surface area contributed by atoms with Crippen molar-refractivity contribution in [3.8, 4) is 5.75 Å². The Kier molecular flexibility index (Phi) is 5.73. The van der Waals surface area contributed by atoms with Crippen LogP contribution in [0.3, 0.4) is 0 Å². The molecule has 0 saturated carbocycles. The highest BCUT2D eigenvalue weighted by Gasteiger charge is 2.07. The van der Waals surface area contributed by atoms with Crippen molar-refractivity contribution in [2.24, 2.45) is 5.73 Å². The fourth-order valence-electron chi connectivity index (χ4n) is 1.47. The topological polar surface area (TPSA) is 38.5 Å². The van der Waals surface area contributed by atoms with E-state index in [-0.39, 0.29) is 0 Å². The molecule has 0 bridgehead atoms. The maximum absolute atomic E-state index is 5.63. The SMILES string of the molecule is C=CCOc1ccc(CN(C)[C@@H](C)CN)cc1. The van der Waals surface area contributed by atoms with Crippen molar-refractivity contribution >= 4 is 0 Å². The van der Waals surface area contributed by atoms with Gasteiger partial charge in [0.15, 0.2) is 0 Å². The first-order valence-corrected chi connectivity index (χ1v) is 5.90. The van der Waals surface area contributed by atoms with Crippen LogP contribution in [-0.2, 0) is 6.54 Å². The van der Waals surface area contributed by atoms with E-state index in [0.29, 0.717) is 19.2 Å². The first-order valence-electron chi connectivity index (χ1n) is 5.90. The van der Waals surface area contributed by atoms with E-state index in [9.17, 15) is 0 Å². The molecule has 1 atom stereocenters. The van der Waals surface area contributed by atoms with Crippen molar-refractivity contribution in [3.05, 3.63) is 42.5 Å². The van der Waals surface area contributed by atoms with Crippen LogP contribution < -0.4 is 10.5 Å². The predicted molar refractivity (Wildman–Crippen MR) is 72.1 cm³/mol. The van der Waals surface area contributed by atoms with Gasteiger partial charge >= 0.3 is 0 Å². The van der Waals surface area contributed by atoms with Gasteiger partial charge in [-0.05, 0) is 31.7 Å². The Bertz CT molecular complexity index is 335. The molecule has 2 N–H and O–H groups in total. The van der Waals surface area contributed by atoms with Gasteiger partial charge in [0, 0.05) is 19.1 Å². The number of rotatable bonds is 7. The van der Waals surface area contributed by atoms with Crippen molar-refractivity contribution in [1.29, 1.82) is 0 Å². The van der Waals surface area contributed by atoms with E-state index in [0.717, 1.165) is 12.3 Å². The van der Waals surface area contributed by atoms with Gasteiger partial charge in [0.05, 0.1) is 0 Å². The largest absolute Gasteiger partial charge is 0.490 e. The molecule has 3 nitrogen and oxygen atoms in total. The first kappa shape index (κ1) is 13.7.